The Hall–Kier alpha value is -1.84. The average Bonchev–Trinajstić information content (AvgIpc) is 3.43. The summed E-state index contributed by atoms with van der Waals surface area (Å²) in [5.74, 6) is 1.78. The van der Waals surface area contributed by atoms with E-state index in [-0.39, 0.29) is 12.0 Å². The molecule has 2 aromatic heterocycles. The van der Waals surface area contributed by atoms with E-state index in [1.54, 1.807) is 6.26 Å². The summed E-state index contributed by atoms with van der Waals surface area (Å²) in [7, 11) is 0. The number of ether oxygens (including phenoxy) is 2. The van der Waals surface area contributed by atoms with Crippen molar-refractivity contribution in [1.82, 2.24) is 19.7 Å². The number of thioether (sulfide) groups is 1. The van der Waals surface area contributed by atoms with Gasteiger partial charge in [0.2, 0.25) is 11.7 Å². The van der Waals surface area contributed by atoms with Gasteiger partial charge < -0.3 is 18.8 Å². The van der Waals surface area contributed by atoms with Crippen LogP contribution in [-0.4, -0.2) is 70.3 Å². The number of hydrogen-bond donors (Lipinski definition) is 0. The predicted molar refractivity (Wildman–Crippen MR) is 94.8 cm³/mol. The molecule has 2 aliphatic rings. The second kappa shape index (κ2) is 8.24. The minimum Gasteiger partial charge on any atom is -0.461 e. The lowest BCUT2D eigenvalue weighted by Gasteiger charge is -2.26. The van der Waals surface area contributed by atoms with Crippen molar-refractivity contribution in [2.24, 2.45) is 0 Å². The molecule has 2 saturated heterocycles. The third-order valence-electron chi connectivity index (χ3n) is 4.56. The minimum absolute atomic E-state index is 0.101. The zero-order chi connectivity index (χ0) is 17.8. The number of hydrogen-bond acceptors (Lipinski definition) is 7. The van der Waals surface area contributed by atoms with E-state index in [4.69, 9.17) is 13.9 Å². The van der Waals surface area contributed by atoms with Crippen LogP contribution >= 0.6 is 11.8 Å². The largest absolute Gasteiger partial charge is 0.461 e. The fourth-order valence-electron chi connectivity index (χ4n) is 3.17. The second-order valence-electron chi connectivity index (χ2n) is 6.31. The number of furan rings is 1. The van der Waals surface area contributed by atoms with E-state index >= 15 is 0 Å². The van der Waals surface area contributed by atoms with Gasteiger partial charge in [0, 0.05) is 19.7 Å². The number of carbonyl (C=O) groups is 1. The molecule has 1 atom stereocenters. The Kier molecular flexibility index (Phi) is 5.57. The van der Waals surface area contributed by atoms with Crippen molar-refractivity contribution in [3.05, 3.63) is 18.4 Å². The van der Waals surface area contributed by atoms with Gasteiger partial charge in [-0.15, -0.1) is 10.2 Å². The lowest BCUT2D eigenvalue weighted by molar-refractivity contribution is -0.132. The summed E-state index contributed by atoms with van der Waals surface area (Å²) in [6, 6.07) is 3.69. The first kappa shape index (κ1) is 17.6. The zero-order valence-electron chi connectivity index (χ0n) is 14.5. The van der Waals surface area contributed by atoms with Gasteiger partial charge in [-0.3, -0.25) is 9.36 Å². The van der Waals surface area contributed by atoms with Gasteiger partial charge >= 0.3 is 0 Å². The molecule has 2 aliphatic heterocycles. The highest BCUT2D eigenvalue weighted by atomic mass is 32.2. The number of morpholine rings is 1. The molecule has 0 aromatic carbocycles. The zero-order valence-corrected chi connectivity index (χ0v) is 15.3. The standard InChI is InChI=1S/C17H22N4O4S/c22-15(20-5-9-23-10-6-20)12-26-17-19-18-16(14-4-2-8-25-14)21(17)11-13-3-1-7-24-13/h2,4,8,13H,1,3,5-7,9-12H2/t13-/m1/s1. The normalized spacial score (nSPS) is 20.6. The maximum atomic E-state index is 12.4. The van der Waals surface area contributed by atoms with Gasteiger partial charge in [0.05, 0.1) is 37.9 Å². The first-order chi connectivity index (χ1) is 12.8. The smallest absolute Gasteiger partial charge is 0.233 e. The molecule has 0 radical (unpaired) electrons. The first-order valence-corrected chi connectivity index (χ1v) is 9.87. The van der Waals surface area contributed by atoms with Gasteiger partial charge in [-0.25, -0.2) is 0 Å². The molecule has 0 N–H and O–H groups in total. The van der Waals surface area contributed by atoms with Crippen molar-refractivity contribution in [1.29, 1.82) is 0 Å². The van der Waals surface area contributed by atoms with E-state index < -0.39 is 0 Å². The summed E-state index contributed by atoms with van der Waals surface area (Å²) >= 11 is 1.41. The Morgan fingerprint density at radius 2 is 2.15 bits per heavy atom. The molecule has 4 rings (SSSR count). The highest BCUT2D eigenvalue weighted by molar-refractivity contribution is 7.99. The van der Waals surface area contributed by atoms with Gasteiger partial charge in [0.1, 0.15) is 0 Å². The third kappa shape index (κ3) is 3.94. The predicted octanol–water partition coefficient (Wildman–Crippen LogP) is 1.67. The fourth-order valence-corrected chi connectivity index (χ4v) is 4.02. The number of carbonyl (C=O) groups excluding carboxylic acids is 1. The Balaban J connectivity index is 1.48. The molecular weight excluding hydrogens is 356 g/mol. The fraction of sp³-hybridized carbons (Fsp3) is 0.588. The molecule has 8 nitrogen and oxygen atoms in total. The first-order valence-electron chi connectivity index (χ1n) is 8.88. The molecule has 4 heterocycles. The summed E-state index contributed by atoms with van der Waals surface area (Å²) in [6.07, 6.45) is 3.86. The van der Waals surface area contributed by atoms with E-state index in [0.29, 0.717) is 55.3 Å². The molecule has 2 fully saturated rings. The van der Waals surface area contributed by atoms with Crippen molar-refractivity contribution in [3.63, 3.8) is 0 Å². The Labute approximate surface area is 155 Å². The summed E-state index contributed by atoms with van der Waals surface area (Å²) in [4.78, 5) is 14.2. The molecule has 0 unspecified atom stereocenters. The van der Waals surface area contributed by atoms with E-state index in [1.807, 2.05) is 21.6 Å². The van der Waals surface area contributed by atoms with Gasteiger partial charge in [-0.2, -0.15) is 0 Å². The van der Waals surface area contributed by atoms with Crippen LogP contribution in [0.15, 0.2) is 28.0 Å². The topological polar surface area (TPSA) is 82.6 Å². The van der Waals surface area contributed by atoms with Crippen molar-refractivity contribution < 1.29 is 18.7 Å². The average molecular weight is 378 g/mol. The van der Waals surface area contributed by atoms with Gasteiger partial charge in [0.25, 0.3) is 0 Å². The monoisotopic (exact) mass is 378 g/mol. The van der Waals surface area contributed by atoms with Crippen LogP contribution in [0.5, 0.6) is 0 Å². The molecule has 26 heavy (non-hydrogen) atoms. The molecule has 0 saturated carbocycles. The van der Waals surface area contributed by atoms with Crippen molar-refractivity contribution >= 4 is 17.7 Å². The van der Waals surface area contributed by atoms with Gasteiger partial charge in [-0.05, 0) is 25.0 Å². The lowest BCUT2D eigenvalue weighted by atomic mass is 10.2. The van der Waals surface area contributed by atoms with Gasteiger partial charge in [-0.1, -0.05) is 11.8 Å². The van der Waals surface area contributed by atoms with Crippen molar-refractivity contribution in [2.75, 3.05) is 38.7 Å². The van der Waals surface area contributed by atoms with Crippen molar-refractivity contribution in [2.45, 2.75) is 30.6 Å². The summed E-state index contributed by atoms with van der Waals surface area (Å²) in [5.41, 5.74) is 0. The van der Waals surface area contributed by atoms with Crippen LogP contribution in [0.1, 0.15) is 12.8 Å². The third-order valence-corrected chi connectivity index (χ3v) is 5.51. The Bertz CT molecular complexity index is 721. The van der Waals surface area contributed by atoms with Crippen molar-refractivity contribution in [3.8, 4) is 11.6 Å². The Morgan fingerprint density at radius 3 is 2.88 bits per heavy atom. The van der Waals surface area contributed by atoms with Crippen LogP contribution in [-0.2, 0) is 20.8 Å². The summed E-state index contributed by atoms with van der Waals surface area (Å²) in [5, 5.41) is 9.30. The van der Waals surface area contributed by atoms with Crippen LogP contribution in [0.3, 0.4) is 0 Å². The molecular formula is C17H22N4O4S. The molecule has 0 bridgehead atoms. The highest BCUT2D eigenvalue weighted by Gasteiger charge is 2.24. The summed E-state index contributed by atoms with van der Waals surface area (Å²) < 4.78 is 18.6. The molecule has 1 amide bonds. The quantitative estimate of drug-likeness (QED) is 0.707. The highest BCUT2D eigenvalue weighted by Crippen LogP contribution is 2.27. The van der Waals surface area contributed by atoms with E-state index in [9.17, 15) is 4.79 Å². The molecule has 2 aromatic rings. The molecule has 0 spiro atoms. The van der Waals surface area contributed by atoms with Crippen LogP contribution in [0.4, 0.5) is 0 Å². The van der Waals surface area contributed by atoms with Crippen LogP contribution < -0.4 is 0 Å². The molecule has 9 heteroatoms. The van der Waals surface area contributed by atoms with Crippen LogP contribution in [0.25, 0.3) is 11.6 Å². The van der Waals surface area contributed by atoms with E-state index in [0.717, 1.165) is 19.4 Å². The van der Waals surface area contributed by atoms with E-state index in [2.05, 4.69) is 10.2 Å². The minimum atomic E-state index is 0.101. The van der Waals surface area contributed by atoms with Gasteiger partial charge in [0.15, 0.2) is 10.9 Å². The van der Waals surface area contributed by atoms with Crippen LogP contribution in [0, 0.1) is 0 Å². The SMILES string of the molecule is O=C(CSc1nnc(-c2ccco2)n1C[C@H]1CCCO1)N1CCOCC1. The Morgan fingerprint density at radius 1 is 1.27 bits per heavy atom. The molecule has 140 valence electrons. The second-order valence-corrected chi connectivity index (χ2v) is 7.25. The lowest BCUT2D eigenvalue weighted by Crippen LogP contribution is -2.41. The maximum absolute atomic E-state index is 12.4. The van der Waals surface area contributed by atoms with Crippen LogP contribution in [0.2, 0.25) is 0 Å². The van der Waals surface area contributed by atoms with E-state index in [1.165, 1.54) is 11.8 Å². The number of amides is 1. The summed E-state index contributed by atoms with van der Waals surface area (Å²) in [6.45, 7) is 3.97. The number of nitrogens with zero attached hydrogens (tertiary/aromatic N) is 4. The maximum Gasteiger partial charge on any atom is 0.233 e. The number of aromatic nitrogens is 3. The number of rotatable bonds is 6. The molecule has 0 aliphatic carbocycles.